The first kappa shape index (κ1) is 16.2. The fourth-order valence-electron chi connectivity index (χ4n) is 2.23. The molecule has 0 atom stereocenters. The van der Waals surface area contributed by atoms with Crippen molar-refractivity contribution in [1.82, 2.24) is 24.6 Å². The summed E-state index contributed by atoms with van der Waals surface area (Å²) in [6.45, 7) is 12.1. The molecule has 0 saturated carbocycles. The molecular formula is C15H24BrN5. The topological polar surface area (TPSA) is 47.7 Å². The van der Waals surface area contributed by atoms with E-state index in [0.717, 1.165) is 34.8 Å². The molecule has 0 aromatic carbocycles. The van der Waals surface area contributed by atoms with E-state index in [2.05, 4.69) is 56.7 Å². The molecule has 21 heavy (non-hydrogen) atoms. The molecule has 2 heterocycles. The van der Waals surface area contributed by atoms with Crippen molar-refractivity contribution in [2.45, 2.75) is 53.2 Å². The second kappa shape index (κ2) is 5.93. The smallest absolute Gasteiger partial charge is 0.106 e. The van der Waals surface area contributed by atoms with Crippen LogP contribution < -0.4 is 5.32 Å². The lowest BCUT2D eigenvalue weighted by Crippen LogP contribution is -2.35. The molecule has 2 aromatic heterocycles. The Hall–Kier alpha value is -1.14. The molecule has 0 aliphatic rings. The Morgan fingerprint density at radius 2 is 1.95 bits per heavy atom. The third-order valence-electron chi connectivity index (χ3n) is 3.51. The van der Waals surface area contributed by atoms with Gasteiger partial charge in [0.2, 0.25) is 0 Å². The van der Waals surface area contributed by atoms with Crippen molar-refractivity contribution in [3.63, 3.8) is 0 Å². The van der Waals surface area contributed by atoms with Crippen molar-refractivity contribution < 1.29 is 0 Å². The van der Waals surface area contributed by atoms with Crippen LogP contribution in [0, 0.1) is 13.8 Å². The van der Waals surface area contributed by atoms with E-state index in [1.54, 1.807) is 0 Å². The van der Waals surface area contributed by atoms with Gasteiger partial charge < -0.3 is 9.88 Å². The lowest BCUT2D eigenvalue weighted by molar-refractivity contribution is 0.416. The molecule has 0 amide bonds. The van der Waals surface area contributed by atoms with Crippen LogP contribution in [0.1, 0.15) is 43.7 Å². The molecule has 2 rings (SSSR count). The summed E-state index contributed by atoms with van der Waals surface area (Å²) in [4.78, 5) is 4.46. The first-order chi connectivity index (χ1) is 9.69. The first-order valence-electron chi connectivity index (χ1n) is 7.13. The van der Waals surface area contributed by atoms with Gasteiger partial charge >= 0.3 is 0 Å². The lowest BCUT2D eigenvalue weighted by Gasteiger charge is -2.21. The summed E-state index contributed by atoms with van der Waals surface area (Å²) in [5.74, 6) is 1.02. The fourth-order valence-corrected chi connectivity index (χ4v) is 2.69. The number of rotatable bonds is 4. The van der Waals surface area contributed by atoms with E-state index in [4.69, 9.17) is 0 Å². The molecule has 0 aliphatic carbocycles. The third kappa shape index (κ3) is 3.74. The van der Waals surface area contributed by atoms with Crippen LogP contribution in [0.3, 0.4) is 0 Å². The van der Waals surface area contributed by atoms with E-state index in [-0.39, 0.29) is 5.54 Å². The quantitative estimate of drug-likeness (QED) is 0.918. The number of halogens is 1. The Bertz CT molecular complexity index is 633. The number of hydrogen-bond donors (Lipinski definition) is 1. The highest BCUT2D eigenvalue weighted by molar-refractivity contribution is 9.10. The van der Waals surface area contributed by atoms with Crippen LogP contribution in [-0.2, 0) is 20.1 Å². The first-order valence-corrected chi connectivity index (χ1v) is 7.92. The summed E-state index contributed by atoms with van der Waals surface area (Å²) < 4.78 is 5.24. The van der Waals surface area contributed by atoms with E-state index in [0.29, 0.717) is 0 Å². The summed E-state index contributed by atoms with van der Waals surface area (Å²) in [6.07, 6.45) is 1.95. The van der Waals surface area contributed by atoms with Crippen molar-refractivity contribution in [1.29, 1.82) is 0 Å². The molecule has 2 aromatic rings. The van der Waals surface area contributed by atoms with Crippen molar-refractivity contribution in [2.24, 2.45) is 7.05 Å². The van der Waals surface area contributed by atoms with E-state index in [1.165, 1.54) is 5.69 Å². The zero-order valence-corrected chi connectivity index (χ0v) is 15.2. The molecule has 116 valence electrons. The van der Waals surface area contributed by atoms with E-state index in [9.17, 15) is 0 Å². The lowest BCUT2D eigenvalue weighted by atomic mass is 10.1. The van der Waals surface area contributed by atoms with Crippen LogP contribution in [0.15, 0.2) is 10.7 Å². The van der Waals surface area contributed by atoms with Gasteiger partial charge in [-0.3, -0.25) is 4.68 Å². The standard InChI is InChI=1S/C15H24BrN5/c1-10-14(16)13(20(6)19-10)9-21-11(2)17-7-12(21)8-18-15(3,4)5/h7,18H,8-9H2,1-6H3. The molecule has 5 nitrogen and oxygen atoms in total. The number of aryl methyl sites for hydroxylation is 3. The van der Waals surface area contributed by atoms with Gasteiger partial charge in [-0.05, 0) is 50.5 Å². The molecule has 0 unspecified atom stereocenters. The molecule has 6 heteroatoms. The second-order valence-corrected chi connectivity index (χ2v) is 7.25. The van der Waals surface area contributed by atoms with E-state index >= 15 is 0 Å². The molecular weight excluding hydrogens is 330 g/mol. The summed E-state index contributed by atoms with van der Waals surface area (Å²) >= 11 is 3.63. The molecule has 0 saturated heterocycles. The third-order valence-corrected chi connectivity index (χ3v) is 4.54. The molecule has 1 N–H and O–H groups in total. The molecule has 0 spiro atoms. The van der Waals surface area contributed by atoms with Gasteiger partial charge in [-0.2, -0.15) is 5.10 Å². The maximum Gasteiger partial charge on any atom is 0.106 e. The summed E-state index contributed by atoms with van der Waals surface area (Å²) in [5, 5.41) is 7.97. The van der Waals surface area contributed by atoms with Crippen LogP contribution in [0.25, 0.3) is 0 Å². The minimum absolute atomic E-state index is 0.0900. The van der Waals surface area contributed by atoms with Gasteiger partial charge in [-0.1, -0.05) is 0 Å². The predicted molar refractivity (Wildman–Crippen MR) is 88.3 cm³/mol. The number of nitrogens with one attached hydrogen (secondary N) is 1. The maximum atomic E-state index is 4.46. The minimum atomic E-state index is 0.0900. The van der Waals surface area contributed by atoms with Crippen molar-refractivity contribution in [2.75, 3.05) is 0 Å². The Labute approximate surface area is 134 Å². The Kier molecular flexibility index (Phi) is 4.58. The molecule has 0 radical (unpaired) electrons. The SMILES string of the molecule is Cc1nn(C)c(Cn2c(CNC(C)(C)C)cnc2C)c1Br. The van der Waals surface area contributed by atoms with Gasteiger partial charge in [0.15, 0.2) is 0 Å². The molecule has 0 fully saturated rings. The van der Waals surface area contributed by atoms with Crippen LogP contribution in [-0.4, -0.2) is 24.9 Å². The average Bonchev–Trinajstić information content (AvgIpc) is 2.82. The van der Waals surface area contributed by atoms with Gasteiger partial charge in [0.05, 0.1) is 28.1 Å². The number of nitrogens with zero attached hydrogens (tertiary/aromatic N) is 4. The summed E-state index contributed by atoms with van der Waals surface area (Å²) in [6, 6.07) is 0. The Balaban J connectivity index is 2.26. The Morgan fingerprint density at radius 1 is 1.29 bits per heavy atom. The summed E-state index contributed by atoms with van der Waals surface area (Å²) in [5.41, 5.74) is 3.45. The minimum Gasteiger partial charge on any atom is -0.325 e. The highest BCUT2D eigenvalue weighted by atomic mass is 79.9. The number of hydrogen-bond acceptors (Lipinski definition) is 3. The molecule has 0 aliphatic heterocycles. The monoisotopic (exact) mass is 353 g/mol. The van der Waals surface area contributed by atoms with Crippen molar-refractivity contribution >= 4 is 15.9 Å². The summed E-state index contributed by atoms with van der Waals surface area (Å²) in [7, 11) is 1.98. The highest BCUT2D eigenvalue weighted by Crippen LogP contribution is 2.22. The largest absolute Gasteiger partial charge is 0.325 e. The van der Waals surface area contributed by atoms with E-state index in [1.807, 2.05) is 31.8 Å². The van der Waals surface area contributed by atoms with E-state index < -0.39 is 0 Å². The van der Waals surface area contributed by atoms with Gasteiger partial charge in [-0.25, -0.2) is 4.98 Å². The second-order valence-electron chi connectivity index (χ2n) is 6.46. The van der Waals surface area contributed by atoms with Crippen LogP contribution in [0.5, 0.6) is 0 Å². The van der Waals surface area contributed by atoms with Crippen LogP contribution in [0.2, 0.25) is 0 Å². The zero-order chi connectivity index (χ0) is 15.8. The molecule has 0 bridgehead atoms. The number of aromatic nitrogens is 4. The van der Waals surface area contributed by atoms with Gasteiger partial charge in [0.1, 0.15) is 5.82 Å². The van der Waals surface area contributed by atoms with Crippen molar-refractivity contribution in [3.8, 4) is 0 Å². The van der Waals surface area contributed by atoms with Crippen molar-refractivity contribution in [3.05, 3.63) is 33.6 Å². The fraction of sp³-hybridized carbons (Fsp3) is 0.600. The normalized spacial score (nSPS) is 12.1. The van der Waals surface area contributed by atoms with Crippen LogP contribution in [0.4, 0.5) is 0 Å². The van der Waals surface area contributed by atoms with Crippen LogP contribution >= 0.6 is 15.9 Å². The van der Waals surface area contributed by atoms with Gasteiger partial charge in [0, 0.05) is 25.3 Å². The Morgan fingerprint density at radius 3 is 2.48 bits per heavy atom. The van der Waals surface area contributed by atoms with Gasteiger partial charge in [-0.15, -0.1) is 0 Å². The zero-order valence-electron chi connectivity index (χ0n) is 13.7. The number of imidazole rings is 1. The highest BCUT2D eigenvalue weighted by Gasteiger charge is 2.16. The van der Waals surface area contributed by atoms with Gasteiger partial charge in [0.25, 0.3) is 0 Å². The predicted octanol–water partition coefficient (Wildman–Crippen LogP) is 2.93. The maximum absolute atomic E-state index is 4.46. The average molecular weight is 354 g/mol.